The number of carbonyl (C=O) groups is 2. The number of likely N-dealkylation sites (tertiary alicyclic amines) is 1. The molecule has 7 heteroatoms. The molecule has 0 aromatic rings. The molecule has 20 heavy (non-hydrogen) atoms. The number of nitrogens with zero attached hydrogens (tertiary/aromatic N) is 2. The third-order valence-electron chi connectivity index (χ3n) is 3.04. The molecule has 1 fully saturated rings. The number of carbonyl (C=O) groups excluding carboxylic acids is 2. The van der Waals surface area contributed by atoms with E-state index < -0.39 is 17.7 Å². The Morgan fingerprint density at radius 3 is 2.70 bits per heavy atom. The lowest BCUT2D eigenvalue weighted by molar-refractivity contribution is -0.135. The van der Waals surface area contributed by atoms with Gasteiger partial charge >= 0.3 is 12.1 Å². The van der Waals surface area contributed by atoms with E-state index in [0.29, 0.717) is 13.1 Å². The van der Waals surface area contributed by atoms with Gasteiger partial charge in [-0.3, -0.25) is 0 Å². The van der Waals surface area contributed by atoms with Gasteiger partial charge in [-0.05, 0) is 27.7 Å². The summed E-state index contributed by atoms with van der Waals surface area (Å²) in [5, 5.41) is 3.77. The number of hydrogen-bond donors (Lipinski definition) is 0. The maximum atomic E-state index is 12.0. The lowest BCUT2D eigenvalue weighted by Crippen LogP contribution is -2.36. The highest BCUT2D eigenvalue weighted by Gasteiger charge is 2.47. The second kappa shape index (κ2) is 5.30. The smallest absolute Gasteiger partial charge is 0.410 e. The molecule has 112 valence electrons. The summed E-state index contributed by atoms with van der Waals surface area (Å²) in [7, 11) is 0. The topological polar surface area (TPSA) is 77.4 Å². The predicted octanol–water partition coefficient (Wildman–Crippen LogP) is 1.17. The molecular formula is C13H20N2O5. The molecule has 0 N–H and O–H groups in total. The number of amides is 1. The summed E-state index contributed by atoms with van der Waals surface area (Å²) in [6.07, 6.45) is -0.694. The minimum absolute atomic E-state index is 0.235. The first kappa shape index (κ1) is 14.6. The van der Waals surface area contributed by atoms with Gasteiger partial charge in [0.05, 0.1) is 19.1 Å². The van der Waals surface area contributed by atoms with Crippen LogP contribution in [0.3, 0.4) is 0 Å². The second-order valence-electron chi connectivity index (χ2n) is 5.83. The van der Waals surface area contributed by atoms with Crippen molar-refractivity contribution in [3.63, 3.8) is 0 Å². The third-order valence-corrected chi connectivity index (χ3v) is 3.04. The van der Waals surface area contributed by atoms with Crippen LogP contribution < -0.4 is 0 Å². The van der Waals surface area contributed by atoms with Crippen molar-refractivity contribution in [2.75, 3.05) is 19.7 Å². The van der Waals surface area contributed by atoms with E-state index in [4.69, 9.17) is 14.3 Å². The van der Waals surface area contributed by atoms with Crippen molar-refractivity contribution < 1.29 is 23.9 Å². The molecule has 0 unspecified atom stereocenters. The summed E-state index contributed by atoms with van der Waals surface area (Å²) in [5.41, 5.74) is -0.295. The Bertz CT molecular complexity index is 441. The molecule has 0 aromatic heterocycles. The van der Waals surface area contributed by atoms with Crippen molar-refractivity contribution in [2.24, 2.45) is 11.1 Å². The molecule has 2 aliphatic rings. The monoisotopic (exact) mass is 284 g/mol. The van der Waals surface area contributed by atoms with E-state index in [-0.39, 0.29) is 24.3 Å². The second-order valence-corrected chi connectivity index (χ2v) is 5.83. The zero-order valence-electron chi connectivity index (χ0n) is 12.2. The molecule has 0 spiro atoms. The van der Waals surface area contributed by atoms with Gasteiger partial charge in [0.25, 0.3) is 0 Å². The standard InChI is InChI=1S/C13H20N2O5/c1-5-18-11(16)10-8-6-15(7-9(8)20-14-10)12(17)19-13(2,3)4/h8-9H,5-7H2,1-4H3/t8-,9+/m1/s1. The molecule has 2 atom stereocenters. The highest BCUT2D eigenvalue weighted by Crippen LogP contribution is 2.28. The zero-order chi connectivity index (χ0) is 14.9. The number of hydrogen-bond acceptors (Lipinski definition) is 6. The van der Waals surface area contributed by atoms with Crippen LogP contribution in [0, 0.1) is 5.92 Å². The highest BCUT2D eigenvalue weighted by atomic mass is 16.7. The van der Waals surface area contributed by atoms with E-state index in [1.807, 2.05) is 20.8 Å². The molecular weight excluding hydrogens is 264 g/mol. The van der Waals surface area contributed by atoms with Crippen molar-refractivity contribution in [2.45, 2.75) is 39.4 Å². The van der Waals surface area contributed by atoms with Gasteiger partial charge in [-0.1, -0.05) is 5.16 Å². The molecule has 0 aromatic carbocycles. The summed E-state index contributed by atoms with van der Waals surface area (Å²) in [6, 6.07) is 0. The molecule has 2 heterocycles. The van der Waals surface area contributed by atoms with Gasteiger partial charge in [-0.15, -0.1) is 0 Å². The fourth-order valence-electron chi connectivity index (χ4n) is 2.20. The quantitative estimate of drug-likeness (QED) is 0.711. The number of rotatable bonds is 2. The molecule has 0 bridgehead atoms. The summed E-state index contributed by atoms with van der Waals surface area (Å²) in [5.74, 6) is -0.715. The summed E-state index contributed by atoms with van der Waals surface area (Å²) < 4.78 is 10.2. The molecule has 0 radical (unpaired) electrons. The number of fused-ring (bicyclic) bond motifs is 1. The van der Waals surface area contributed by atoms with Gasteiger partial charge < -0.3 is 19.2 Å². The first-order valence-corrected chi connectivity index (χ1v) is 6.70. The predicted molar refractivity (Wildman–Crippen MR) is 70.2 cm³/mol. The van der Waals surface area contributed by atoms with E-state index in [9.17, 15) is 9.59 Å². The van der Waals surface area contributed by atoms with E-state index in [1.165, 1.54) is 4.90 Å². The fourth-order valence-corrected chi connectivity index (χ4v) is 2.20. The van der Waals surface area contributed by atoms with Crippen LogP contribution in [-0.4, -0.2) is 54.1 Å². The minimum Gasteiger partial charge on any atom is -0.461 e. The average Bonchev–Trinajstić information content (AvgIpc) is 2.85. The molecule has 0 saturated carbocycles. The maximum absolute atomic E-state index is 12.0. The number of oxime groups is 1. The van der Waals surface area contributed by atoms with Crippen LogP contribution in [0.2, 0.25) is 0 Å². The Balaban J connectivity index is 1.97. The van der Waals surface area contributed by atoms with Gasteiger partial charge in [0.15, 0.2) is 11.8 Å². The van der Waals surface area contributed by atoms with Crippen LogP contribution in [0.4, 0.5) is 4.79 Å². The lowest BCUT2D eigenvalue weighted by atomic mass is 10.0. The number of ether oxygens (including phenoxy) is 2. The van der Waals surface area contributed by atoms with E-state index in [1.54, 1.807) is 6.92 Å². The largest absolute Gasteiger partial charge is 0.461 e. The van der Waals surface area contributed by atoms with Gasteiger partial charge in [0, 0.05) is 6.54 Å². The van der Waals surface area contributed by atoms with Crippen molar-refractivity contribution >= 4 is 17.8 Å². The normalized spacial score (nSPS) is 24.8. The van der Waals surface area contributed by atoms with E-state index >= 15 is 0 Å². The molecule has 1 amide bonds. The summed E-state index contributed by atoms with van der Waals surface area (Å²) >= 11 is 0. The molecule has 1 saturated heterocycles. The fraction of sp³-hybridized carbons (Fsp3) is 0.769. The highest BCUT2D eigenvalue weighted by molar-refractivity contribution is 6.37. The van der Waals surface area contributed by atoms with Gasteiger partial charge in [0.1, 0.15) is 5.60 Å². The Hall–Kier alpha value is -1.79. The molecule has 2 rings (SSSR count). The summed E-state index contributed by atoms with van der Waals surface area (Å²) in [4.78, 5) is 30.5. The average molecular weight is 284 g/mol. The summed E-state index contributed by atoms with van der Waals surface area (Å²) in [6.45, 7) is 8.17. The Kier molecular flexibility index (Phi) is 3.87. The first-order chi connectivity index (χ1) is 9.31. The molecule has 7 nitrogen and oxygen atoms in total. The van der Waals surface area contributed by atoms with Crippen LogP contribution in [-0.2, 0) is 19.1 Å². The van der Waals surface area contributed by atoms with Crippen molar-refractivity contribution in [1.29, 1.82) is 0 Å². The molecule has 2 aliphatic heterocycles. The Labute approximate surface area is 117 Å². The SMILES string of the molecule is CCOC(=O)C1=NO[C@H]2CN(C(=O)OC(C)(C)C)C[C@@H]12. The van der Waals surface area contributed by atoms with Crippen LogP contribution in [0.25, 0.3) is 0 Å². The van der Waals surface area contributed by atoms with E-state index in [0.717, 1.165) is 0 Å². The van der Waals surface area contributed by atoms with Gasteiger partial charge in [-0.25, -0.2) is 9.59 Å². The van der Waals surface area contributed by atoms with E-state index in [2.05, 4.69) is 5.16 Å². The van der Waals surface area contributed by atoms with Gasteiger partial charge in [-0.2, -0.15) is 0 Å². The third kappa shape index (κ3) is 3.02. The van der Waals surface area contributed by atoms with Gasteiger partial charge in [0.2, 0.25) is 0 Å². The molecule has 0 aliphatic carbocycles. The van der Waals surface area contributed by atoms with Crippen molar-refractivity contribution in [1.82, 2.24) is 4.90 Å². The Morgan fingerprint density at radius 2 is 2.10 bits per heavy atom. The van der Waals surface area contributed by atoms with Crippen molar-refractivity contribution in [3.05, 3.63) is 0 Å². The maximum Gasteiger partial charge on any atom is 0.410 e. The number of esters is 1. The lowest BCUT2D eigenvalue weighted by Gasteiger charge is -2.24. The first-order valence-electron chi connectivity index (χ1n) is 6.70. The van der Waals surface area contributed by atoms with Crippen LogP contribution in [0.15, 0.2) is 5.16 Å². The van der Waals surface area contributed by atoms with Crippen LogP contribution >= 0.6 is 0 Å². The Morgan fingerprint density at radius 1 is 1.40 bits per heavy atom. The zero-order valence-corrected chi connectivity index (χ0v) is 12.2. The van der Waals surface area contributed by atoms with Crippen molar-refractivity contribution in [3.8, 4) is 0 Å². The minimum atomic E-state index is -0.548. The van der Waals surface area contributed by atoms with Crippen LogP contribution in [0.5, 0.6) is 0 Å². The van der Waals surface area contributed by atoms with Crippen LogP contribution in [0.1, 0.15) is 27.7 Å².